The van der Waals surface area contributed by atoms with Crippen LogP contribution < -0.4 is 0 Å². The number of carbonyl (C=O) groups is 1. The van der Waals surface area contributed by atoms with Crippen molar-refractivity contribution in [1.29, 1.82) is 0 Å². The summed E-state index contributed by atoms with van der Waals surface area (Å²) in [5, 5.41) is 39.6. The Kier molecular flexibility index (Phi) is 10.1. The van der Waals surface area contributed by atoms with Gasteiger partial charge in [-0.1, -0.05) is 25.3 Å². The van der Waals surface area contributed by atoms with Crippen LogP contribution in [-0.4, -0.2) is 44.7 Å². The van der Waals surface area contributed by atoms with E-state index in [-0.39, 0.29) is 18.3 Å². The molecule has 0 spiro atoms. The highest BCUT2D eigenvalue weighted by Gasteiger charge is 2.40. The van der Waals surface area contributed by atoms with Gasteiger partial charge in [0.2, 0.25) is 0 Å². The molecule has 1 fully saturated rings. The van der Waals surface area contributed by atoms with E-state index in [1.165, 1.54) is 12.1 Å². The van der Waals surface area contributed by atoms with E-state index in [9.17, 15) is 28.9 Å². The van der Waals surface area contributed by atoms with Gasteiger partial charge in [-0.15, -0.1) is 0 Å². The number of hydrogen-bond acceptors (Lipinski definition) is 4. The molecule has 1 aliphatic rings. The lowest BCUT2D eigenvalue weighted by Gasteiger charge is -2.24. The Morgan fingerprint density at radius 3 is 2.33 bits per heavy atom. The summed E-state index contributed by atoms with van der Waals surface area (Å²) in [5.41, 5.74) is 0.368. The van der Waals surface area contributed by atoms with Crippen molar-refractivity contribution in [2.45, 2.75) is 88.9 Å². The average Bonchev–Trinajstić information content (AvgIpc) is 2.94. The van der Waals surface area contributed by atoms with Crippen molar-refractivity contribution in [2.24, 2.45) is 11.8 Å². The molecule has 4 N–H and O–H groups in total. The molecule has 170 valence electrons. The van der Waals surface area contributed by atoms with Gasteiger partial charge in [0.25, 0.3) is 0 Å². The minimum absolute atomic E-state index is 0.0267. The number of benzene rings is 1. The highest BCUT2D eigenvalue weighted by molar-refractivity contribution is 5.66. The number of aliphatic hydroxyl groups excluding tert-OH is 3. The summed E-state index contributed by atoms with van der Waals surface area (Å²) >= 11 is 0. The van der Waals surface area contributed by atoms with E-state index < -0.39 is 35.9 Å². The van der Waals surface area contributed by atoms with Gasteiger partial charge in [0, 0.05) is 12.5 Å². The smallest absolute Gasteiger partial charge is 0.303 e. The first-order valence-electron chi connectivity index (χ1n) is 11.0. The van der Waals surface area contributed by atoms with Gasteiger partial charge in [-0.2, -0.15) is 0 Å². The fourth-order valence-corrected chi connectivity index (χ4v) is 4.57. The van der Waals surface area contributed by atoms with Crippen molar-refractivity contribution in [3.05, 3.63) is 35.4 Å². The number of aryl methyl sites for hydroxylation is 1. The number of hydrogen-bond donors (Lipinski definition) is 4. The molecule has 0 saturated heterocycles. The molecule has 0 aromatic heterocycles. The molecule has 5 nitrogen and oxygen atoms in total. The Hall–Kier alpha value is -1.57. The monoisotopic (exact) mass is 428 g/mol. The third-order valence-corrected chi connectivity index (χ3v) is 6.29. The lowest BCUT2D eigenvalue weighted by Crippen LogP contribution is -2.24. The number of unbranched alkanes of at least 4 members (excludes halogenated alkanes) is 3. The Morgan fingerprint density at radius 2 is 1.67 bits per heavy atom. The third kappa shape index (κ3) is 7.93. The summed E-state index contributed by atoms with van der Waals surface area (Å²) in [5.74, 6) is -2.14. The fraction of sp³-hybridized carbons (Fsp3) is 0.696. The molecule has 0 bridgehead atoms. The van der Waals surface area contributed by atoms with Gasteiger partial charge in [0.15, 0.2) is 0 Å². The number of aliphatic carboxylic acids is 1. The van der Waals surface area contributed by atoms with Crippen LogP contribution in [0.4, 0.5) is 8.78 Å². The molecule has 0 aliphatic heterocycles. The molecule has 1 unspecified atom stereocenters. The van der Waals surface area contributed by atoms with Gasteiger partial charge in [0.05, 0.1) is 18.3 Å². The number of rotatable bonds is 13. The number of carboxylic acid groups (broad SMARTS) is 1. The molecule has 1 saturated carbocycles. The third-order valence-electron chi connectivity index (χ3n) is 6.29. The second-order valence-electron chi connectivity index (χ2n) is 8.55. The largest absolute Gasteiger partial charge is 0.481 e. The van der Waals surface area contributed by atoms with Gasteiger partial charge in [0.1, 0.15) is 11.6 Å². The standard InChI is InChI=1S/C23H34F2O5/c24-16-9-7-15(20(25)13-16)8-10-17(26)11-12-19-18(21(27)14-22(19)28)5-3-1-2-4-6-23(29)30/h7,9,13,17-19,21-22,26-28H,1-6,8,10-12,14H2,(H,29,30)/t17-,18+,19?,21-,22+/m0/s1. The molecule has 1 aliphatic carbocycles. The second kappa shape index (κ2) is 12.3. The molecule has 30 heavy (non-hydrogen) atoms. The molecule has 5 atom stereocenters. The minimum atomic E-state index is -0.787. The molecule has 2 rings (SSSR count). The van der Waals surface area contributed by atoms with Crippen molar-refractivity contribution in [1.82, 2.24) is 0 Å². The number of carboxylic acids is 1. The van der Waals surface area contributed by atoms with Gasteiger partial charge in [-0.3, -0.25) is 4.79 Å². The van der Waals surface area contributed by atoms with Crippen LogP contribution in [0.3, 0.4) is 0 Å². The predicted molar refractivity (Wildman–Crippen MR) is 109 cm³/mol. The molecule has 0 radical (unpaired) electrons. The van der Waals surface area contributed by atoms with Gasteiger partial charge in [-0.05, 0) is 68.4 Å². The Bertz CT molecular complexity index is 669. The Balaban J connectivity index is 1.73. The zero-order chi connectivity index (χ0) is 22.1. The summed E-state index contributed by atoms with van der Waals surface area (Å²) < 4.78 is 26.7. The van der Waals surface area contributed by atoms with Crippen molar-refractivity contribution in [2.75, 3.05) is 0 Å². The maximum Gasteiger partial charge on any atom is 0.303 e. The van der Waals surface area contributed by atoms with Gasteiger partial charge in [-0.25, -0.2) is 8.78 Å². The molecule has 0 amide bonds. The molecule has 1 aromatic carbocycles. The molecule has 7 heteroatoms. The maximum atomic E-state index is 13.7. The van der Waals surface area contributed by atoms with Crippen LogP contribution in [0.1, 0.15) is 69.8 Å². The fourth-order valence-electron chi connectivity index (χ4n) is 4.57. The van der Waals surface area contributed by atoms with Crippen molar-refractivity contribution >= 4 is 5.97 Å². The van der Waals surface area contributed by atoms with Crippen LogP contribution in [0, 0.1) is 23.5 Å². The average molecular weight is 429 g/mol. The minimum Gasteiger partial charge on any atom is -0.481 e. The zero-order valence-corrected chi connectivity index (χ0v) is 17.4. The van der Waals surface area contributed by atoms with E-state index in [1.54, 1.807) is 0 Å². The van der Waals surface area contributed by atoms with E-state index in [0.717, 1.165) is 31.7 Å². The quantitative estimate of drug-likeness (QED) is 0.358. The van der Waals surface area contributed by atoms with Crippen LogP contribution in [-0.2, 0) is 11.2 Å². The first-order valence-corrected chi connectivity index (χ1v) is 11.0. The lowest BCUT2D eigenvalue weighted by molar-refractivity contribution is -0.137. The summed E-state index contributed by atoms with van der Waals surface area (Å²) in [6.07, 6.45) is 4.40. The molecular weight excluding hydrogens is 394 g/mol. The summed E-state index contributed by atoms with van der Waals surface area (Å²) in [7, 11) is 0. The summed E-state index contributed by atoms with van der Waals surface area (Å²) in [4.78, 5) is 10.5. The normalized spacial score (nSPS) is 24.8. The van der Waals surface area contributed by atoms with Crippen molar-refractivity contribution in [3.8, 4) is 0 Å². The van der Waals surface area contributed by atoms with E-state index in [2.05, 4.69) is 0 Å². The van der Waals surface area contributed by atoms with Crippen LogP contribution in [0.2, 0.25) is 0 Å². The highest BCUT2D eigenvalue weighted by atomic mass is 19.1. The number of aliphatic hydroxyl groups is 3. The zero-order valence-electron chi connectivity index (χ0n) is 17.4. The van der Waals surface area contributed by atoms with E-state index >= 15 is 0 Å². The Labute approximate surface area is 176 Å². The van der Waals surface area contributed by atoms with Crippen LogP contribution in [0.15, 0.2) is 18.2 Å². The van der Waals surface area contributed by atoms with Gasteiger partial charge < -0.3 is 20.4 Å². The van der Waals surface area contributed by atoms with Crippen LogP contribution in [0.25, 0.3) is 0 Å². The summed E-state index contributed by atoms with van der Waals surface area (Å²) in [6, 6.07) is 3.43. The SMILES string of the molecule is O=C(O)CCCCCC[C@@H]1C(CC[C@@H](O)CCc2ccc(F)cc2F)[C@H](O)C[C@@H]1O. The first-order chi connectivity index (χ1) is 14.3. The summed E-state index contributed by atoms with van der Waals surface area (Å²) in [6.45, 7) is 0. The number of halogens is 2. The predicted octanol–water partition coefficient (Wildman–Crippen LogP) is 3.82. The first kappa shape index (κ1) is 24.7. The highest BCUT2D eigenvalue weighted by Crippen LogP contribution is 2.39. The molecular formula is C23H34F2O5. The van der Waals surface area contributed by atoms with Crippen LogP contribution >= 0.6 is 0 Å². The Morgan fingerprint density at radius 1 is 1.00 bits per heavy atom. The maximum absolute atomic E-state index is 13.7. The topological polar surface area (TPSA) is 98.0 Å². The lowest BCUT2D eigenvalue weighted by atomic mass is 9.84. The molecule has 1 aromatic rings. The van der Waals surface area contributed by atoms with Crippen molar-refractivity contribution in [3.63, 3.8) is 0 Å². The van der Waals surface area contributed by atoms with E-state index in [0.29, 0.717) is 44.1 Å². The second-order valence-corrected chi connectivity index (χ2v) is 8.55. The van der Waals surface area contributed by atoms with Crippen LogP contribution in [0.5, 0.6) is 0 Å². The molecule has 0 heterocycles. The van der Waals surface area contributed by atoms with E-state index in [1.807, 2.05) is 0 Å². The van der Waals surface area contributed by atoms with E-state index in [4.69, 9.17) is 5.11 Å². The van der Waals surface area contributed by atoms with Crippen molar-refractivity contribution < 1.29 is 34.0 Å². The van der Waals surface area contributed by atoms with Gasteiger partial charge >= 0.3 is 5.97 Å².